The van der Waals surface area contributed by atoms with Gasteiger partial charge in [0.2, 0.25) is 0 Å². The van der Waals surface area contributed by atoms with E-state index in [-0.39, 0.29) is 33.5 Å². The maximum Gasteiger partial charge on any atom is 0.412 e. The molecular formula is C24H27F4N3O5S. The number of anilines is 2. The SMILES string of the molecule is CC1CCN1C[C@H]1CN(S(=O)(=O)c2ccc(F)cc2)c2cc(N(C(=O)O)C(C)(C)C(F)(F)F)ccc2O1. The Bertz CT molecular complexity index is 1280. The second-order valence-electron chi connectivity index (χ2n) is 9.69. The van der Waals surface area contributed by atoms with E-state index in [1.165, 1.54) is 6.07 Å². The standard InChI is InChI=1S/C24H27F4N3O5S/c1-15-10-11-29(15)13-18-14-30(37(34,35)19-7-4-16(25)5-8-19)20-12-17(6-9-21(20)36-18)31(22(32)33)23(2,3)24(26,27)28/h4-9,12,15,18H,10-11,13-14H2,1-3H3,(H,32,33)/t15?,18-/m0/s1. The molecule has 1 saturated heterocycles. The first kappa shape index (κ1) is 27.0. The zero-order valence-electron chi connectivity index (χ0n) is 20.4. The number of amides is 1. The molecule has 2 aliphatic heterocycles. The Morgan fingerprint density at radius 2 is 1.81 bits per heavy atom. The first-order valence-corrected chi connectivity index (χ1v) is 13.0. The monoisotopic (exact) mass is 545 g/mol. The largest absolute Gasteiger partial charge is 0.485 e. The number of alkyl halides is 3. The Morgan fingerprint density at radius 3 is 2.32 bits per heavy atom. The van der Waals surface area contributed by atoms with Gasteiger partial charge in [-0.25, -0.2) is 17.6 Å². The highest BCUT2D eigenvalue weighted by Gasteiger charge is 2.54. The lowest BCUT2D eigenvalue weighted by Crippen LogP contribution is -2.57. The van der Waals surface area contributed by atoms with Gasteiger partial charge < -0.3 is 9.84 Å². The van der Waals surface area contributed by atoms with Gasteiger partial charge in [-0.05, 0) is 69.7 Å². The second kappa shape index (κ2) is 9.35. The molecule has 37 heavy (non-hydrogen) atoms. The fourth-order valence-electron chi connectivity index (χ4n) is 4.40. The highest BCUT2D eigenvalue weighted by Crippen LogP contribution is 2.44. The van der Waals surface area contributed by atoms with Crippen molar-refractivity contribution in [3.8, 4) is 5.75 Å². The number of likely N-dealkylation sites (tertiary alicyclic amines) is 1. The van der Waals surface area contributed by atoms with E-state index >= 15 is 0 Å². The van der Waals surface area contributed by atoms with Crippen molar-refractivity contribution >= 4 is 27.5 Å². The van der Waals surface area contributed by atoms with Crippen LogP contribution in [-0.2, 0) is 10.0 Å². The van der Waals surface area contributed by atoms with Gasteiger partial charge in [0, 0.05) is 19.1 Å². The molecule has 0 bridgehead atoms. The van der Waals surface area contributed by atoms with E-state index in [0.717, 1.165) is 53.7 Å². The van der Waals surface area contributed by atoms with Gasteiger partial charge in [0.05, 0.1) is 22.8 Å². The van der Waals surface area contributed by atoms with Crippen LogP contribution in [-0.4, -0.2) is 68.0 Å². The Labute approximate surface area is 212 Å². The normalized spacial score (nSPS) is 20.6. The van der Waals surface area contributed by atoms with E-state index in [0.29, 0.717) is 26.4 Å². The van der Waals surface area contributed by atoms with Crippen molar-refractivity contribution in [2.45, 2.75) is 55.9 Å². The molecule has 13 heteroatoms. The molecule has 0 aliphatic carbocycles. The summed E-state index contributed by atoms with van der Waals surface area (Å²) in [5.41, 5.74) is -3.32. The molecule has 1 unspecified atom stereocenters. The number of rotatable bonds is 6. The molecule has 0 radical (unpaired) electrons. The zero-order chi connectivity index (χ0) is 27.3. The number of fused-ring (bicyclic) bond motifs is 1. The number of hydrogen-bond acceptors (Lipinski definition) is 5. The molecule has 2 atom stereocenters. The summed E-state index contributed by atoms with van der Waals surface area (Å²) in [7, 11) is -4.31. The Balaban J connectivity index is 1.81. The molecule has 2 heterocycles. The van der Waals surface area contributed by atoms with Crippen molar-refractivity contribution in [3.05, 3.63) is 48.3 Å². The number of carbonyl (C=O) groups is 1. The van der Waals surface area contributed by atoms with Crippen molar-refractivity contribution in [2.75, 3.05) is 28.8 Å². The summed E-state index contributed by atoms with van der Waals surface area (Å²) in [6.45, 7) is 4.53. The van der Waals surface area contributed by atoms with Crippen LogP contribution in [0.3, 0.4) is 0 Å². The third-order valence-electron chi connectivity index (χ3n) is 6.87. The van der Waals surface area contributed by atoms with Gasteiger partial charge >= 0.3 is 12.3 Å². The van der Waals surface area contributed by atoms with Crippen LogP contribution in [0.5, 0.6) is 5.75 Å². The topological polar surface area (TPSA) is 90.4 Å². The summed E-state index contributed by atoms with van der Waals surface area (Å²) >= 11 is 0. The third kappa shape index (κ3) is 4.93. The van der Waals surface area contributed by atoms with Crippen LogP contribution in [0, 0.1) is 5.82 Å². The fourth-order valence-corrected chi connectivity index (χ4v) is 5.90. The lowest BCUT2D eigenvalue weighted by molar-refractivity contribution is -0.175. The van der Waals surface area contributed by atoms with Crippen molar-refractivity contribution < 1.29 is 40.6 Å². The van der Waals surface area contributed by atoms with Gasteiger partial charge in [-0.3, -0.25) is 14.1 Å². The Kier molecular flexibility index (Phi) is 6.82. The minimum atomic E-state index is -4.92. The van der Waals surface area contributed by atoms with Crippen molar-refractivity contribution in [1.82, 2.24) is 4.90 Å². The number of halogens is 4. The Morgan fingerprint density at radius 1 is 1.16 bits per heavy atom. The van der Waals surface area contributed by atoms with Gasteiger partial charge in [0.25, 0.3) is 10.0 Å². The number of ether oxygens (including phenoxy) is 1. The molecule has 0 spiro atoms. The van der Waals surface area contributed by atoms with Crippen molar-refractivity contribution in [3.63, 3.8) is 0 Å². The van der Waals surface area contributed by atoms with Crippen LogP contribution in [0.25, 0.3) is 0 Å². The quantitative estimate of drug-likeness (QED) is 0.530. The van der Waals surface area contributed by atoms with Crippen LogP contribution < -0.4 is 13.9 Å². The molecular weight excluding hydrogens is 518 g/mol. The maximum atomic E-state index is 13.8. The minimum Gasteiger partial charge on any atom is -0.485 e. The predicted molar refractivity (Wildman–Crippen MR) is 128 cm³/mol. The summed E-state index contributed by atoms with van der Waals surface area (Å²) in [6.07, 6.45) is -6.39. The number of sulfonamides is 1. The summed E-state index contributed by atoms with van der Waals surface area (Å²) in [4.78, 5) is 14.0. The second-order valence-corrected chi connectivity index (χ2v) is 11.6. The maximum absolute atomic E-state index is 13.8. The Hall–Kier alpha value is -3.06. The summed E-state index contributed by atoms with van der Waals surface area (Å²) in [6, 6.07) is 7.93. The number of benzene rings is 2. The zero-order valence-corrected chi connectivity index (χ0v) is 21.2. The van der Waals surface area contributed by atoms with E-state index in [9.17, 15) is 35.9 Å². The minimum absolute atomic E-state index is 0.0778. The van der Waals surface area contributed by atoms with Crippen molar-refractivity contribution in [1.29, 1.82) is 0 Å². The molecule has 1 fully saturated rings. The summed E-state index contributed by atoms with van der Waals surface area (Å²) < 4.78 is 89.0. The molecule has 4 rings (SSSR count). The van der Waals surface area contributed by atoms with Crippen LogP contribution >= 0.6 is 0 Å². The molecule has 2 aromatic rings. The van der Waals surface area contributed by atoms with Gasteiger partial charge in [-0.1, -0.05) is 0 Å². The summed E-state index contributed by atoms with van der Waals surface area (Å²) in [5, 5.41) is 9.68. The summed E-state index contributed by atoms with van der Waals surface area (Å²) in [5.74, 6) is -0.561. The third-order valence-corrected chi connectivity index (χ3v) is 8.67. The number of nitrogens with zero attached hydrogens (tertiary/aromatic N) is 3. The molecule has 2 aliphatic rings. The van der Waals surface area contributed by atoms with Crippen LogP contribution in [0.2, 0.25) is 0 Å². The van der Waals surface area contributed by atoms with E-state index in [4.69, 9.17) is 4.74 Å². The van der Waals surface area contributed by atoms with Crippen molar-refractivity contribution in [2.24, 2.45) is 0 Å². The van der Waals surface area contributed by atoms with E-state index in [2.05, 4.69) is 4.90 Å². The first-order chi connectivity index (χ1) is 17.1. The van der Waals surface area contributed by atoms with Crippen LogP contribution in [0.1, 0.15) is 27.2 Å². The number of carboxylic acid groups (broad SMARTS) is 1. The molecule has 2 aromatic carbocycles. The first-order valence-electron chi connectivity index (χ1n) is 11.6. The molecule has 8 nitrogen and oxygen atoms in total. The van der Waals surface area contributed by atoms with Gasteiger partial charge in [-0.2, -0.15) is 13.2 Å². The van der Waals surface area contributed by atoms with E-state index < -0.39 is 39.8 Å². The van der Waals surface area contributed by atoms with Gasteiger partial charge in [0.15, 0.2) is 0 Å². The average molecular weight is 546 g/mol. The molecule has 0 saturated carbocycles. The average Bonchev–Trinajstić information content (AvgIpc) is 2.80. The van der Waals surface area contributed by atoms with E-state index in [1.54, 1.807) is 0 Å². The molecule has 202 valence electrons. The van der Waals surface area contributed by atoms with E-state index in [1.807, 2.05) is 6.92 Å². The van der Waals surface area contributed by atoms with Gasteiger partial charge in [0.1, 0.15) is 23.2 Å². The fraction of sp³-hybridized carbons (Fsp3) is 0.458. The van der Waals surface area contributed by atoms with Crippen LogP contribution in [0.4, 0.5) is 33.7 Å². The highest BCUT2D eigenvalue weighted by molar-refractivity contribution is 7.92. The van der Waals surface area contributed by atoms with Gasteiger partial charge in [-0.15, -0.1) is 0 Å². The smallest absolute Gasteiger partial charge is 0.412 e. The van der Waals surface area contributed by atoms with Crippen LogP contribution in [0.15, 0.2) is 47.4 Å². The molecule has 1 N–H and O–H groups in total. The highest BCUT2D eigenvalue weighted by atomic mass is 32.2. The lowest BCUT2D eigenvalue weighted by Gasteiger charge is -2.43. The lowest BCUT2D eigenvalue weighted by atomic mass is 10.0. The number of hydrogen-bond donors (Lipinski definition) is 1. The molecule has 1 amide bonds. The predicted octanol–water partition coefficient (Wildman–Crippen LogP) is 4.70. The molecule has 0 aromatic heterocycles.